The summed E-state index contributed by atoms with van der Waals surface area (Å²) in [6.45, 7) is 0.672. The minimum atomic E-state index is -0.182. The van der Waals surface area contributed by atoms with Crippen molar-refractivity contribution < 1.29 is 9.50 Å². The zero-order chi connectivity index (χ0) is 13.4. The van der Waals surface area contributed by atoms with Crippen LogP contribution >= 0.6 is 0 Å². The molecule has 0 aromatic heterocycles. The molecule has 2 aliphatic rings. The van der Waals surface area contributed by atoms with Crippen LogP contribution in [0.5, 0.6) is 0 Å². The van der Waals surface area contributed by atoms with E-state index < -0.39 is 0 Å². The van der Waals surface area contributed by atoms with E-state index in [1.54, 1.807) is 12.1 Å². The van der Waals surface area contributed by atoms with Crippen LogP contribution in [-0.4, -0.2) is 30.3 Å². The second kappa shape index (κ2) is 5.10. The van der Waals surface area contributed by atoms with Crippen LogP contribution in [0.4, 0.5) is 10.1 Å². The van der Waals surface area contributed by atoms with Crippen molar-refractivity contribution >= 4 is 5.69 Å². The Morgan fingerprint density at radius 1 is 1.32 bits per heavy atom. The third-order valence-corrected chi connectivity index (χ3v) is 4.40. The fourth-order valence-electron chi connectivity index (χ4n) is 3.68. The van der Waals surface area contributed by atoms with Gasteiger partial charge in [-0.1, -0.05) is 0 Å². The Kier molecular flexibility index (Phi) is 3.46. The highest BCUT2D eigenvalue weighted by Crippen LogP contribution is 2.40. The monoisotopic (exact) mass is 264 g/mol. The van der Waals surface area contributed by atoms with E-state index in [-0.39, 0.29) is 11.9 Å². The van der Waals surface area contributed by atoms with Gasteiger partial charge in [0.05, 0.1) is 6.10 Å². The van der Waals surface area contributed by atoms with Gasteiger partial charge in [-0.25, -0.2) is 4.39 Å². The van der Waals surface area contributed by atoms with E-state index in [0.29, 0.717) is 18.6 Å². The van der Waals surface area contributed by atoms with E-state index in [1.807, 2.05) is 13.1 Å². The van der Waals surface area contributed by atoms with Crippen LogP contribution in [0.15, 0.2) is 18.2 Å². The Bertz CT molecular complexity index is 451. The van der Waals surface area contributed by atoms with E-state index in [9.17, 15) is 9.50 Å². The number of rotatable bonds is 3. The number of hydrogen-bond acceptors (Lipinski definition) is 3. The van der Waals surface area contributed by atoms with Gasteiger partial charge in [-0.05, 0) is 56.5 Å². The van der Waals surface area contributed by atoms with Gasteiger partial charge in [-0.15, -0.1) is 0 Å². The summed E-state index contributed by atoms with van der Waals surface area (Å²) in [5.41, 5.74) is 2.14. The number of nitrogens with zero attached hydrogens (tertiary/aromatic N) is 1. The van der Waals surface area contributed by atoms with Crippen molar-refractivity contribution in [1.82, 2.24) is 5.32 Å². The summed E-state index contributed by atoms with van der Waals surface area (Å²) in [5, 5.41) is 13.0. The van der Waals surface area contributed by atoms with Crippen LogP contribution in [0.1, 0.15) is 31.2 Å². The molecule has 0 radical (unpaired) electrons. The number of fused-ring (bicyclic) bond motifs is 2. The maximum absolute atomic E-state index is 13.4. The lowest BCUT2D eigenvalue weighted by Crippen LogP contribution is -2.45. The Labute approximate surface area is 113 Å². The highest BCUT2D eigenvalue weighted by atomic mass is 19.1. The van der Waals surface area contributed by atoms with Crippen LogP contribution in [-0.2, 0) is 6.54 Å². The van der Waals surface area contributed by atoms with Gasteiger partial charge in [0.1, 0.15) is 5.82 Å². The van der Waals surface area contributed by atoms with E-state index in [1.165, 1.54) is 0 Å². The van der Waals surface area contributed by atoms with Crippen LogP contribution < -0.4 is 10.2 Å². The average molecular weight is 264 g/mol. The molecular weight excluding hydrogens is 243 g/mol. The summed E-state index contributed by atoms with van der Waals surface area (Å²) in [6, 6.07) is 5.88. The molecule has 0 spiro atoms. The van der Waals surface area contributed by atoms with E-state index in [0.717, 1.165) is 36.9 Å². The summed E-state index contributed by atoms with van der Waals surface area (Å²) < 4.78 is 13.4. The summed E-state index contributed by atoms with van der Waals surface area (Å²) in [7, 11) is 1.88. The zero-order valence-electron chi connectivity index (χ0n) is 11.3. The maximum atomic E-state index is 13.4. The predicted octanol–water partition coefficient (Wildman–Crippen LogP) is 2.04. The topological polar surface area (TPSA) is 35.5 Å². The summed E-state index contributed by atoms with van der Waals surface area (Å²) in [5.74, 6) is -0.182. The van der Waals surface area contributed by atoms with Crippen LogP contribution in [0, 0.1) is 5.82 Å². The zero-order valence-corrected chi connectivity index (χ0v) is 11.3. The molecule has 2 N–H and O–H groups in total. The number of halogens is 1. The van der Waals surface area contributed by atoms with Gasteiger partial charge < -0.3 is 15.3 Å². The first kappa shape index (κ1) is 12.9. The minimum absolute atomic E-state index is 0.165. The van der Waals surface area contributed by atoms with Gasteiger partial charge in [-0.3, -0.25) is 0 Å². The first-order valence-electron chi connectivity index (χ1n) is 7.08. The highest BCUT2D eigenvalue weighted by molar-refractivity contribution is 5.57. The quantitative estimate of drug-likeness (QED) is 0.877. The van der Waals surface area contributed by atoms with E-state index in [2.05, 4.69) is 10.2 Å². The molecule has 2 fully saturated rings. The second-order valence-electron chi connectivity index (χ2n) is 5.72. The Morgan fingerprint density at radius 3 is 2.63 bits per heavy atom. The molecule has 2 unspecified atom stereocenters. The van der Waals surface area contributed by atoms with Crippen molar-refractivity contribution in [3.63, 3.8) is 0 Å². The van der Waals surface area contributed by atoms with Gasteiger partial charge in [0, 0.05) is 24.3 Å². The lowest BCUT2D eigenvalue weighted by molar-refractivity contribution is 0.126. The number of hydrogen-bond donors (Lipinski definition) is 2. The van der Waals surface area contributed by atoms with Crippen molar-refractivity contribution in [1.29, 1.82) is 0 Å². The fourth-order valence-corrected chi connectivity index (χ4v) is 3.68. The number of aliphatic hydroxyl groups excluding tert-OH is 1. The third kappa shape index (κ3) is 2.35. The van der Waals surface area contributed by atoms with Crippen LogP contribution in [0.25, 0.3) is 0 Å². The smallest absolute Gasteiger partial charge is 0.123 e. The number of nitrogens with one attached hydrogen (secondary N) is 1. The Balaban J connectivity index is 1.94. The first-order valence-corrected chi connectivity index (χ1v) is 7.08. The number of aliphatic hydroxyl groups is 1. The molecule has 3 nitrogen and oxygen atoms in total. The lowest BCUT2D eigenvalue weighted by Gasteiger charge is -2.40. The second-order valence-corrected chi connectivity index (χ2v) is 5.72. The van der Waals surface area contributed by atoms with Gasteiger partial charge >= 0.3 is 0 Å². The maximum Gasteiger partial charge on any atom is 0.123 e. The van der Waals surface area contributed by atoms with Crippen molar-refractivity contribution in [2.75, 3.05) is 11.9 Å². The third-order valence-electron chi connectivity index (χ3n) is 4.40. The molecule has 4 heteroatoms. The molecule has 2 bridgehead atoms. The molecule has 0 saturated carbocycles. The van der Waals surface area contributed by atoms with Gasteiger partial charge in [0.15, 0.2) is 0 Å². The average Bonchev–Trinajstić information content (AvgIpc) is 2.63. The standard InChI is InChI=1S/C15H21FN2O/c1-17-9-10-6-11(16)2-5-15(10)18-12-3-4-13(18)8-14(19)7-12/h2,5-6,12-14,17,19H,3-4,7-9H2,1H3. The normalized spacial score (nSPS) is 29.8. The molecule has 2 heterocycles. The van der Waals surface area contributed by atoms with Crippen LogP contribution in [0.3, 0.4) is 0 Å². The minimum Gasteiger partial charge on any atom is -0.393 e. The first-order chi connectivity index (χ1) is 9.19. The lowest BCUT2D eigenvalue weighted by atomic mass is 9.97. The molecule has 19 heavy (non-hydrogen) atoms. The van der Waals surface area contributed by atoms with Gasteiger partial charge in [0.2, 0.25) is 0 Å². The largest absolute Gasteiger partial charge is 0.393 e. The molecule has 2 atom stereocenters. The van der Waals surface area contributed by atoms with Crippen molar-refractivity contribution in [3.05, 3.63) is 29.6 Å². The molecule has 3 rings (SSSR count). The molecular formula is C15H21FN2O. The molecule has 1 aromatic carbocycles. The summed E-state index contributed by atoms with van der Waals surface area (Å²) in [6.07, 6.45) is 3.79. The van der Waals surface area contributed by atoms with Crippen LogP contribution in [0.2, 0.25) is 0 Å². The molecule has 104 valence electrons. The van der Waals surface area contributed by atoms with E-state index >= 15 is 0 Å². The summed E-state index contributed by atoms with van der Waals surface area (Å²) >= 11 is 0. The highest BCUT2D eigenvalue weighted by Gasteiger charge is 2.40. The Morgan fingerprint density at radius 2 is 2.00 bits per heavy atom. The predicted molar refractivity (Wildman–Crippen MR) is 73.7 cm³/mol. The van der Waals surface area contributed by atoms with Gasteiger partial charge in [-0.2, -0.15) is 0 Å². The number of piperidine rings is 1. The molecule has 0 aliphatic carbocycles. The van der Waals surface area contributed by atoms with Crippen molar-refractivity contribution in [2.45, 2.75) is 50.4 Å². The van der Waals surface area contributed by atoms with Crippen molar-refractivity contribution in [2.24, 2.45) is 0 Å². The SMILES string of the molecule is CNCc1cc(F)ccc1N1C2CCC1CC(O)C2. The number of anilines is 1. The molecule has 0 amide bonds. The van der Waals surface area contributed by atoms with E-state index in [4.69, 9.17) is 0 Å². The molecule has 2 saturated heterocycles. The number of benzene rings is 1. The molecule has 1 aromatic rings. The summed E-state index contributed by atoms with van der Waals surface area (Å²) in [4.78, 5) is 2.42. The Hall–Kier alpha value is -1.13. The van der Waals surface area contributed by atoms with Gasteiger partial charge in [0.25, 0.3) is 0 Å². The fraction of sp³-hybridized carbons (Fsp3) is 0.600. The van der Waals surface area contributed by atoms with Crippen molar-refractivity contribution in [3.8, 4) is 0 Å². The molecule has 2 aliphatic heterocycles.